The number of alkyl halides is 3. The summed E-state index contributed by atoms with van der Waals surface area (Å²) in [5, 5.41) is 11.7. The molecule has 0 aliphatic carbocycles. The minimum atomic E-state index is -4.92. The van der Waals surface area contributed by atoms with Gasteiger partial charge in [0.15, 0.2) is 0 Å². The van der Waals surface area contributed by atoms with Gasteiger partial charge < -0.3 is 10.2 Å². The molecule has 43 heavy (non-hydrogen) atoms. The van der Waals surface area contributed by atoms with Gasteiger partial charge in [-0.25, -0.2) is 9.18 Å². The fourth-order valence-electron chi connectivity index (χ4n) is 5.71. The van der Waals surface area contributed by atoms with Crippen LogP contribution in [0.25, 0.3) is 11.1 Å². The predicted molar refractivity (Wildman–Crippen MR) is 155 cm³/mol. The monoisotopic (exact) mass is 593 g/mol. The average molecular weight is 594 g/mol. The number of carbonyl (C=O) groups excluding carboxylic acids is 2. The average Bonchev–Trinajstić information content (AvgIpc) is 3.71. The Morgan fingerprint density at radius 2 is 1.70 bits per heavy atom. The molecule has 2 fully saturated rings. The highest BCUT2D eigenvalue weighted by Gasteiger charge is 2.36. The lowest BCUT2D eigenvalue weighted by Gasteiger charge is -2.30. The van der Waals surface area contributed by atoms with Crippen LogP contribution < -0.4 is 10.2 Å². The summed E-state index contributed by atoms with van der Waals surface area (Å²) in [6, 6.07) is 17.6. The number of likely N-dealkylation sites (tertiary alicyclic amines) is 2. The first-order chi connectivity index (χ1) is 20.6. The van der Waals surface area contributed by atoms with Crippen molar-refractivity contribution in [1.82, 2.24) is 9.80 Å². The Kier molecular flexibility index (Phi) is 8.97. The number of nitriles is 1. The lowest BCUT2D eigenvalue weighted by atomic mass is 10.0. The second-order valence-corrected chi connectivity index (χ2v) is 10.7. The number of hydrogen-bond donors (Lipinski definition) is 1. The van der Waals surface area contributed by atoms with Gasteiger partial charge in [0.1, 0.15) is 5.82 Å². The number of rotatable bonds is 7. The molecule has 5 rings (SSSR count). The summed E-state index contributed by atoms with van der Waals surface area (Å²) in [6.07, 6.45) is -1.36. The molecule has 7 nitrogen and oxygen atoms in total. The van der Waals surface area contributed by atoms with Crippen LogP contribution in [0.3, 0.4) is 0 Å². The number of nitrogens with one attached hydrogen (secondary N) is 1. The standard InChI is InChI=1S/C32H31F4N5O2/c33-28-13-10-25(20-27(28)32(34,35)36)38-31(43)41(18-17-39-16-4-7-29(39)30(42)40-14-1-2-15-40)26-11-8-23(9-12-26)24-6-3-5-22(19-24)21-37/h3,5-6,8-13,19-20,29H,1-2,4,7,14-18H2,(H,38,43). The van der Waals surface area contributed by atoms with Crippen LogP contribution in [0.1, 0.15) is 36.8 Å². The van der Waals surface area contributed by atoms with E-state index in [-0.39, 0.29) is 24.2 Å². The summed E-state index contributed by atoms with van der Waals surface area (Å²) in [5.41, 5.74) is 0.942. The zero-order valence-electron chi connectivity index (χ0n) is 23.4. The molecule has 0 aromatic heterocycles. The van der Waals surface area contributed by atoms with Crippen molar-refractivity contribution in [2.45, 2.75) is 37.9 Å². The van der Waals surface area contributed by atoms with Crippen molar-refractivity contribution in [2.24, 2.45) is 0 Å². The summed E-state index contributed by atoms with van der Waals surface area (Å²) in [5.74, 6) is -1.33. The van der Waals surface area contributed by atoms with Crippen molar-refractivity contribution < 1.29 is 27.2 Å². The van der Waals surface area contributed by atoms with E-state index in [1.807, 2.05) is 11.0 Å². The molecule has 1 N–H and O–H groups in total. The van der Waals surface area contributed by atoms with E-state index in [1.165, 1.54) is 4.90 Å². The second kappa shape index (κ2) is 12.8. The van der Waals surface area contributed by atoms with E-state index in [1.54, 1.807) is 42.5 Å². The van der Waals surface area contributed by atoms with Crippen LogP contribution in [0.5, 0.6) is 0 Å². The van der Waals surface area contributed by atoms with Crippen LogP contribution in [0.2, 0.25) is 0 Å². The van der Waals surface area contributed by atoms with E-state index in [0.29, 0.717) is 36.5 Å². The Hall–Kier alpha value is -4.43. The summed E-state index contributed by atoms with van der Waals surface area (Å²) < 4.78 is 53.8. The van der Waals surface area contributed by atoms with Gasteiger partial charge >= 0.3 is 12.2 Å². The maximum absolute atomic E-state index is 13.9. The molecule has 0 spiro atoms. The molecule has 11 heteroatoms. The Balaban J connectivity index is 1.38. The third kappa shape index (κ3) is 6.97. The minimum Gasteiger partial charge on any atom is -0.341 e. The summed E-state index contributed by atoms with van der Waals surface area (Å²) in [6.45, 7) is 2.73. The van der Waals surface area contributed by atoms with Crippen molar-refractivity contribution in [3.05, 3.63) is 83.7 Å². The first kappa shape index (κ1) is 30.0. The maximum atomic E-state index is 13.9. The summed E-state index contributed by atoms with van der Waals surface area (Å²) in [7, 11) is 0. The van der Waals surface area contributed by atoms with Gasteiger partial charge in [-0.05, 0) is 85.8 Å². The Morgan fingerprint density at radius 3 is 2.40 bits per heavy atom. The zero-order chi connectivity index (χ0) is 30.6. The highest BCUT2D eigenvalue weighted by atomic mass is 19.4. The van der Waals surface area contributed by atoms with Crippen LogP contribution in [-0.2, 0) is 11.0 Å². The predicted octanol–water partition coefficient (Wildman–Crippen LogP) is 6.51. The fraction of sp³-hybridized carbons (Fsp3) is 0.344. The first-order valence-electron chi connectivity index (χ1n) is 14.2. The van der Waals surface area contributed by atoms with Crippen molar-refractivity contribution >= 4 is 23.3 Å². The Morgan fingerprint density at radius 1 is 0.953 bits per heavy atom. The van der Waals surface area contributed by atoms with Crippen LogP contribution in [-0.4, -0.2) is 60.5 Å². The molecule has 0 bridgehead atoms. The normalized spacial score (nSPS) is 17.1. The lowest BCUT2D eigenvalue weighted by Crippen LogP contribution is -2.48. The quantitative estimate of drug-likeness (QED) is 0.317. The molecule has 2 aliphatic heterocycles. The van der Waals surface area contributed by atoms with Gasteiger partial charge in [0.25, 0.3) is 0 Å². The van der Waals surface area contributed by atoms with E-state index >= 15 is 0 Å². The molecular formula is C32H31F4N5O2. The number of halogens is 4. The van der Waals surface area contributed by atoms with Gasteiger partial charge in [0.2, 0.25) is 5.91 Å². The first-order valence-corrected chi connectivity index (χ1v) is 14.2. The molecule has 224 valence electrons. The van der Waals surface area contributed by atoms with Gasteiger partial charge in [0, 0.05) is 37.6 Å². The molecule has 1 unspecified atom stereocenters. The number of urea groups is 1. The van der Waals surface area contributed by atoms with Gasteiger partial charge in [-0.15, -0.1) is 0 Å². The van der Waals surface area contributed by atoms with Crippen LogP contribution in [0, 0.1) is 17.1 Å². The third-order valence-electron chi connectivity index (χ3n) is 7.95. The smallest absolute Gasteiger partial charge is 0.341 e. The molecule has 1 atom stereocenters. The number of amides is 3. The van der Waals surface area contributed by atoms with E-state index in [0.717, 1.165) is 56.0 Å². The van der Waals surface area contributed by atoms with Crippen molar-refractivity contribution in [3.8, 4) is 17.2 Å². The molecular weight excluding hydrogens is 562 g/mol. The number of hydrogen-bond acceptors (Lipinski definition) is 4. The highest BCUT2D eigenvalue weighted by Crippen LogP contribution is 2.33. The topological polar surface area (TPSA) is 79.7 Å². The molecule has 2 aliphatic rings. The second-order valence-electron chi connectivity index (χ2n) is 10.7. The SMILES string of the molecule is N#Cc1cccc(-c2ccc(N(CCN3CCCC3C(=O)N3CCCC3)C(=O)Nc3ccc(F)c(C(F)(F)F)c3)cc2)c1. The summed E-state index contributed by atoms with van der Waals surface area (Å²) in [4.78, 5) is 32.0. The molecule has 0 radical (unpaired) electrons. The fourth-order valence-corrected chi connectivity index (χ4v) is 5.71. The Bertz CT molecular complexity index is 1510. The van der Waals surface area contributed by atoms with Gasteiger partial charge in [-0.2, -0.15) is 18.4 Å². The Labute approximate surface area is 247 Å². The minimum absolute atomic E-state index is 0.0981. The molecule has 3 aromatic carbocycles. The molecule has 3 aromatic rings. The van der Waals surface area contributed by atoms with Gasteiger partial charge in [0.05, 0.1) is 23.2 Å². The van der Waals surface area contributed by atoms with Crippen molar-refractivity contribution in [2.75, 3.05) is 42.9 Å². The van der Waals surface area contributed by atoms with E-state index in [9.17, 15) is 32.4 Å². The van der Waals surface area contributed by atoms with Crippen molar-refractivity contribution in [1.29, 1.82) is 5.26 Å². The maximum Gasteiger partial charge on any atom is 0.419 e. The van der Waals surface area contributed by atoms with Crippen LogP contribution in [0.4, 0.5) is 33.7 Å². The number of benzene rings is 3. The number of anilines is 2. The van der Waals surface area contributed by atoms with Crippen molar-refractivity contribution in [3.63, 3.8) is 0 Å². The van der Waals surface area contributed by atoms with Crippen LogP contribution >= 0.6 is 0 Å². The third-order valence-corrected chi connectivity index (χ3v) is 7.95. The molecule has 2 saturated heterocycles. The van der Waals surface area contributed by atoms with Crippen LogP contribution in [0.15, 0.2) is 66.7 Å². The number of carbonyl (C=O) groups is 2. The van der Waals surface area contributed by atoms with E-state index in [2.05, 4.69) is 16.3 Å². The number of nitrogens with zero attached hydrogens (tertiary/aromatic N) is 4. The molecule has 0 saturated carbocycles. The largest absolute Gasteiger partial charge is 0.419 e. The van der Waals surface area contributed by atoms with E-state index in [4.69, 9.17) is 0 Å². The molecule has 2 heterocycles. The molecule has 3 amide bonds. The van der Waals surface area contributed by atoms with Gasteiger partial charge in [-0.3, -0.25) is 14.6 Å². The summed E-state index contributed by atoms with van der Waals surface area (Å²) >= 11 is 0. The van der Waals surface area contributed by atoms with Gasteiger partial charge in [-0.1, -0.05) is 24.3 Å². The zero-order valence-corrected chi connectivity index (χ0v) is 23.4. The lowest BCUT2D eigenvalue weighted by molar-refractivity contribution is -0.140. The highest BCUT2D eigenvalue weighted by molar-refractivity contribution is 6.02. The van der Waals surface area contributed by atoms with E-state index < -0.39 is 23.6 Å².